The van der Waals surface area contributed by atoms with E-state index >= 15 is 0 Å². The number of rotatable bonds is 5. The number of imide groups is 2. The molecule has 4 amide bonds. The molecule has 5 heterocycles. The molecule has 0 saturated carbocycles. The summed E-state index contributed by atoms with van der Waals surface area (Å²) in [4.78, 5) is 66.6. The Labute approximate surface area is 250 Å². The van der Waals surface area contributed by atoms with Crippen LogP contribution in [0.3, 0.4) is 0 Å². The Kier molecular flexibility index (Phi) is 5.81. The van der Waals surface area contributed by atoms with Gasteiger partial charge in [-0.25, -0.2) is 9.91 Å². The van der Waals surface area contributed by atoms with Gasteiger partial charge in [0.1, 0.15) is 6.04 Å². The van der Waals surface area contributed by atoms with Crippen LogP contribution >= 0.6 is 0 Å². The fourth-order valence-electron chi connectivity index (χ4n) is 6.59. The standard InChI is InChI=1S/C33H22N6O5/c40-30-22-15-7-8-16-23(22)31(41)39(30)38-26(19-10-3-1-4-11-19)24-25(33(43)37(32(24)42)21-13-5-2-6-14-21)27(38)29-35-28(36-44-29)20-12-9-17-34-18-20/h1-18,24-27H. The summed E-state index contributed by atoms with van der Waals surface area (Å²) in [5, 5.41) is 6.69. The van der Waals surface area contributed by atoms with Crippen LogP contribution in [0, 0.1) is 11.8 Å². The molecule has 5 aromatic rings. The van der Waals surface area contributed by atoms with E-state index in [-0.39, 0.29) is 22.8 Å². The Morgan fingerprint density at radius 1 is 0.659 bits per heavy atom. The topological polar surface area (TPSA) is 130 Å². The molecule has 4 atom stereocenters. The number of aromatic nitrogens is 3. The fourth-order valence-corrected chi connectivity index (χ4v) is 6.59. The van der Waals surface area contributed by atoms with Gasteiger partial charge in [-0.3, -0.25) is 24.2 Å². The van der Waals surface area contributed by atoms with Crippen molar-refractivity contribution in [3.8, 4) is 11.4 Å². The van der Waals surface area contributed by atoms with Crippen LogP contribution in [-0.4, -0.2) is 48.8 Å². The second-order valence-corrected chi connectivity index (χ2v) is 10.7. The number of hydrogen-bond donors (Lipinski definition) is 0. The molecule has 11 heteroatoms. The zero-order valence-corrected chi connectivity index (χ0v) is 22.9. The molecule has 3 aliphatic rings. The first-order valence-corrected chi connectivity index (χ1v) is 14.0. The number of carbonyl (C=O) groups is 4. The highest BCUT2D eigenvalue weighted by molar-refractivity contribution is 6.24. The van der Waals surface area contributed by atoms with Gasteiger partial charge in [0, 0.05) is 18.0 Å². The molecule has 2 saturated heterocycles. The van der Waals surface area contributed by atoms with E-state index in [0.29, 0.717) is 16.8 Å². The maximum atomic E-state index is 14.4. The van der Waals surface area contributed by atoms with Crippen LogP contribution in [0.2, 0.25) is 0 Å². The van der Waals surface area contributed by atoms with Gasteiger partial charge in [0.05, 0.1) is 34.7 Å². The highest BCUT2D eigenvalue weighted by Gasteiger charge is 2.67. The van der Waals surface area contributed by atoms with E-state index in [2.05, 4.69) is 15.1 Å². The van der Waals surface area contributed by atoms with Gasteiger partial charge in [-0.15, -0.1) is 0 Å². The third-order valence-corrected chi connectivity index (χ3v) is 8.42. The summed E-state index contributed by atoms with van der Waals surface area (Å²) in [6.07, 6.45) is 3.18. The van der Waals surface area contributed by atoms with E-state index in [1.807, 2.05) is 30.3 Å². The summed E-state index contributed by atoms with van der Waals surface area (Å²) in [5.74, 6) is -3.90. The number of pyridine rings is 1. The van der Waals surface area contributed by atoms with Gasteiger partial charge in [0.15, 0.2) is 0 Å². The highest BCUT2D eigenvalue weighted by atomic mass is 16.5. The largest absolute Gasteiger partial charge is 0.337 e. The van der Waals surface area contributed by atoms with Crippen molar-refractivity contribution in [3.05, 3.63) is 132 Å². The molecule has 44 heavy (non-hydrogen) atoms. The molecule has 2 aromatic heterocycles. The van der Waals surface area contributed by atoms with Crippen LogP contribution < -0.4 is 4.90 Å². The molecular formula is C33H22N6O5. The molecular weight excluding hydrogens is 560 g/mol. The van der Waals surface area contributed by atoms with Gasteiger partial charge in [0.25, 0.3) is 11.8 Å². The molecule has 0 radical (unpaired) electrons. The van der Waals surface area contributed by atoms with E-state index in [9.17, 15) is 19.2 Å². The summed E-state index contributed by atoms with van der Waals surface area (Å²) >= 11 is 0. The minimum Gasteiger partial charge on any atom is -0.337 e. The first-order chi connectivity index (χ1) is 21.5. The monoisotopic (exact) mass is 582 g/mol. The van der Waals surface area contributed by atoms with Gasteiger partial charge in [-0.2, -0.15) is 9.99 Å². The summed E-state index contributed by atoms with van der Waals surface area (Å²) < 4.78 is 5.80. The third kappa shape index (κ3) is 3.69. The Balaban J connectivity index is 1.34. The van der Waals surface area contributed by atoms with Crippen molar-refractivity contribution in [3.63, 3.8) is 0 Å². The average Bonchev–Trinajstić information content (AvgIpc) is 3.80. The first-order valence-electron chi connectivity index (χ1n) is 14.0. The van der Waals surface area contributed by atoms with Crippen LogP contribution in [0.4, 0.5) is 5.69 Å². The van der Waals surface area contributed by atoms with Crippen LogP contribution in [0.15, 0.2) is 114 Å². The predicted octanol–water partition coefficient (Wildman–Crippen LogP) is 4.25. The molecule has 0 bridgehead atoms. The molecule has 8 rings (SSSR count). The lowest BCUT2D eigenvalue weighted by molar-refractivity contribution is -0.126. The lowest BCUT2D eigenvalue weighted by atomic mass is 9.86. The minimum atomic E-state index is -1.13. The summed E-state index contributed by atoms with van der Waals surface area (Å²) in [6.45, 7) is 0. The lowest BCUT2D eigenvalue weighted by Gasteiger charge is -2.37. The predicted molar refractivity (Wildman–Crippen MR) is 154 cm³/mol. The lowest BCUT2D eigenvalue weighted by Crippen LogP contribution is -2.50. The SMILES string of the molecule is O=C1C2C(C(=O)N1c1ccccc1)C(c1nc(-c3cccnc3)no1)N(N1C(=O)c3ccccc3C1=O)C2c1ccccc1. The number of benzene rings is 3. The van der Waals surface area contributed by atoms with Crippen LogP contribution in [-0.2, 0) is 9.59 Å². The molecule has 0 aliphatic carbocycles. The van der Waals surface area contributed by atoms with E-state index in [1.165, 1.54) is 9.91 Å². The third-order valence-electron chi connectivity index (χ3n) is 8.42. The van der Waals surface area contributed by atoms with E-state index in [4.69, 9.17) is 4.52 Å². The van der Waals surface area contributed by atoms with Crippen LogP contribution in [0.25, 0.3) is 11.4 Å². The van der Waals surface area contributed by atoms with E-state index < -0.39 is 47.5 Å². The molecule has 3 aromatic carbocycles. The number of para-hydroxylation sites is 1. The number of nitrogens with zero attached hydrogens (tertiary/aromatic N) is 6. The normalized spacial score (nSPS) is 23.0. The quantitative estimate of drug-likeness (QED) is 0.279. The molecule has 11 nitrogen and oxygen atoms in total. The van der Waals surface area contributed by atoms with Crippen LogP contribution in [0.5, 0.6) is 0 Å². The van der Waals surface area contributed by atoms with Crippen molar-refractivity contribution in [2.75, 3.05) is 4.90 Å². The zero-order chi connectivity index (χ0) is 29.9. The van der Waals surface area contributed by atoms with E-state index in [1.54, 1.807) is 79.1 Å². The van der Waals surface area contributed by atoms with Crippen molar-refractivity contribution in [1.29, 1.82) is 0 Å². The number of hydrazine groups is 1. The number of anilines is 1. The molecule has 3 aliphatic heterocycles. The Bertz CT molecular complexity index is 1910. The Morgan fingerprint density at radius 2 is 1.27 bits per heavy atom. The van der Waals surface area contributed by atoms with E-state index in [0.717, 1.165) is 5.01 Å². The van der Waals surface area contributed by atoms with Gasteiger partial charge >= 0.3 is 0 Å². The second kappa shape index (κ2) is 9.89. The smallest absolute Gasteiger partial charge is 0.276 e. The molecule has 214 valence electrons. The Hall–Kier alpha value is -5.81. The highest BCUT2D eigenvalue weighted by Crippen LogP contribution is 2.57. The zero-order valence-electron chi connectivity index (χ0n) is 22.9. The van der Waals surface area contributed by atoms with Gasteiger partial charge in [0.2, 0.25) is 23.5 Å². The maximum absolute atomic E-state index is 14.4. The van der Waals surface area contributed by atoms with Gasteiger partial charge in [-0.1, -0.05) is 65.8 Å². The van der Waals surface area contributed by atoms with Crippen LogP contribution in [0.1, 0.15) is 44.3 Å². The van der Waals surface area contributed by atoms with Crippen molar-refractivity contribution in [2.45, 2.75) is 12.1 Å². The number of hydrogen-bond acceptors (Lipinski definition) is 9. The average molecular weight is 583 g/mol. The van der Waals surface area contributed by atoms with Gasteiger partial charge in [-0.05, 0) is 42.0 Å². The summed E-state index contributed by atoms with van der Waals surface area (Å²) in [5.41, 5.74) is 2.10. The number of amides is 4. The molecule has 0 N–H and O–H groups in total. The molecule has 4 unspecified atom stereocenters. The molecule has 2 fully saturated rings. The molecule has 0 spiro atoms. The summed E-state index contributed by atoms with van der Waals surface area (Å²) in [7, 11) is 0. The van der Waals surface area contributed by atoms with Crippen molar-refractivity contribution in [1.82, 2.24) is 25.1 Å². The maximum Gasteiger partial charge on any atom is 0.276 e. The number of fused-ring (bicyclic) bond motifs is 2. The number of carbonyl (C=O) groups excluding carboxylic acids is 4. The van der Waals surface area contributed by atoms with Gasteiger partial charge < -0.3 is 4.52 Å². The van der Waals surface area contributed by atoms with Crippen molar-refractivity contribution in [2.24, 2.45) is 11.8 Å². The van der Waals surface area contributed by atoms with Crippen molar-refractivity contribution < 1.29 is 23.7 Å². The fraction of sp³-hybridized carbons (Fsp3) is 0.121. The first kappa shape index (κ1) is 25.9. The minimum absolute atomic E-state index is 0.00935. The van der Waals surface area contributed by atoms with Crippen molar-refractivity contribution >= 4 is 29.3 Å². The Morgan fingerprint density at radius 3 is 1.91 bits per heavy atom. The second-order valence-electron chi connectivity index (χ2n) is 10.7. The summed E-state index contributed by atoms with van der Waals surface area (Å²) in [6, 6.07) is 25.7.